The molecule has 0 bridgehead atoms. The Balaban J connectivity index is 2.22. The van der Waals surface area contributed by atoms with Gasteiger partial charge in [-0.2, -0.15) is 0 Å². The van der Waals surface area contributed by atoms with E-state index in [1.165, 1.54) is 6.26 Å². The first-order chi connectivity index (χ1) is 7.38. The first-order valence-corrected chi connectivity index (χ1v) is 8.72. The Morgan fingerprint density at radius 3 is 2.31 bits per heavy atom. The highest BCUT2D eigenvalue weighted by molar-refractivity contribution is 7.91. The molecule has 96 valence electrons. The second-order valence-corrected chi connectivity index (χ2v) is 8.07. The van der Waals surface area contributed by atoms with Crippen LogP contribution in [0.25, 0.3) is 0 Å². The Bertz CT molecular complexity index is 300. The molecule has 0 radical (unpaired) electrons. The lowest BCUT2D eigenvalue weighted by Crippen LogP contribution is -2.47. The van der Waals surface area contributed by atoms with E-state index in [1.54, 1.807) is 0 Å². The highest BCUT2D eigenvalue weighted by Gasteiger charge is 2.23. The third kappa shape index (κ3) is 5.49. The minimum atomic E-state index is -2.92. The van der Waals surface area contributed by atoms with Crippen LogP contribution in [0.4, 0.5) is 0 Å². The van der Waals surface area contributed by atoms with Crippen LogP contribution in [-0.4, -0.2) is 73.2 Å². The standard InChI is InChI=1S/C9H20N2O3S2/c1-10-4-6-11(7-5-10)15(12)8-3-9-16(2,13)14/h3-9H2,1-2H3. The van der Waals surface area contributed by atoms with Gasteiger partial charge >= 0.3 is 0 Å². The maximum atomic E-state index is 11.8. The van der Waals surface area contributed by atoms with E-state index in [2.05, 4.69) is 4.90 Å². The van der Waals surface area contributed by atoms with Crippen molar-refractivity contribution in [3.8, 4) is 0 Å². The normalized spacial score (nSPS) is 22.2. The molecule has 1 saturated heterocycles. The van der Waals surface area contributed by atoms with Gasteiger partial charge in [0.1, 0.15) is 15.6 Å². The molecular weight excluding hydrogens is 248 g/mol. The molecule has 0 saturated carbocycles. The summed E-state index contributed by atoms with van der Waals surface area (Å²) >= 11 is -1.01. The van der Waals surface area contributed by atoms with Crippen molar-refractivity contribution < 1.29 is 13.0 Å². The van der Waals surface area contributed by atoms with Gasteiger partial charge in [-0.3, -0.25) is 0 Å². The number of piperazine rings is 1. The highest BCUT2D eigenvalue weighted by atomic mass is 32.2. The number of likely N-dealkylation sites (N-methyl/N-ethyl adjacent to an activating group) is 1. The molecule has 0 aromatic rings. The minimum Gasteiger partial charge on any atom is -0.598 e. The van der Waals surface area contributed by atoms with Crippen molar-refractivity contribution in [2.75, 3.05) is 51.0 Å². The Morgan fingerprint density at radius 1 is 1.25 bits per heavy atom. The van der Waals surface area contributed by atoms with Crippen LogP contribution >= 0.6 is 0 Å². The van der Waals surface area contributed by atoms with Crippen molar-refractivity contribution in [2.24, 2.45) is 0 Å². The van der Waals surface area contributed by atoms with E-state index in [9.17, 15) is 13.0 Å². The quantitative estimate of drug-likeness (QED) is 0.619. The van der Waals surface area contributed by atoms with Gasteiger partial charge in [0.05, 0.1) is 18.8 Å². The van der Waals surface area contributed by atoms with E-state index in [0.717, 1.165) is 26.2 Å². The maximum absolute atomic E-state index is 11.8. The molecule has 1 rings (SSSR count). The third-order valence-electron chi connectivity index (χ3n) is 2.58. The van der Waals surface area contributed by atoms with Crippen molar-refractivity contribution in [2.45, 2.75) is 6.42 Å². The topological polar surface area (TPSA) is 63.7 Å². The molecule has 0 aliphatic carbocycles. The van der Waals surface area contributed by atoms with Crippen LogP contribution in [0.2, 0.25) is 0 Å². The molecule has 1 heterocycles. The molecule has 1 atom stereocenters. The van der Waals surface area contributed by atoms with Gasteiger partial charge < -0.3 is 9.45 Å². The van der Waals surface area contributed by atoms with Gasteiger partial charge in [-0.25, -0.2) is 8.42 Å². The summed E-state index contributed by atoms with van der Waals surface area (Å²) < 4.78 is 35.6. The Hall–Kier alpha value is 0.180. The second-order valence-electron chi connectivity index (χ2n) is 4.24. The van der Waals surface area contributed by atoms with Crippen LogP contribution < -0.4 is 0 Å². The van der Waals surface area contributed by atoms with Gasteiger partial charge in [0, 0.05) is 37.1 Å². The molecule has 16 heavy (non-hydrogen) atoms. The first-order valence-electron chi connectivity index (χ1n) is 5.38. The van der Waals surface area contributed by atoms with Crippen molar-refractivity contribution in [3.05, 3.63) is 0 Å². The second kappa shape index (κ2) is 6.20. The number of sulfone groups is 1. The van der Waals surface area contributed by atoms with Crippen LogP contribution in [0.3, 0.4) is 0 Å². The van der Waals surface area contributed by atoms with E-state index in [-0.39, 0.29) is 5.75 Å². The number of nitrogens with zero attached hydrogens (tertiary/aromatic N) is 2. The number of rotatable bonds is 5. The zero-order valence-corrected chi connectivity index (χ0v) is 11.5. The lowest BCUT2D eigenvalue weighted by atomic mass is 10.4. The fraction of sp³-hybridized carbons (Fsp3) is 1.00. The van der Waals surface area contributed by atoms with Gasteiger partial charge in [-0.1, -0.05) is 0 Å². The molecule has 0 aromatic heterocycles. The Labute approximate surface area is 101 Å². The van der Waals surface area contributed by atoms with Gasteiger partial charge in [-0.15, -0.1) is 4.31 Å². The van der Waals surface area contributed by atoms with Crippen molar-refractivity contribution in [1.82, 2.24) is 9.21 Å². The molecule has 1 aliphatic heterocycles. The van der Waals surface area contributed by atoms with Gasteiger partial charge in [0.2, 0.25) is 0 Å². The van der Waals surface area contributed by atoms with Crippen LogP contribution in [0, 0.1) is 0 Å². The number of hydrogen-bond donors (Lipinski definition) is 0. The lowest BCUT2D eigenvalue weighted by molar-refractivity contribution is 0.222. The summed E-state index contributed by atoms with van der Waals surface area (Å²) in [6.45, 7) is 3.47. The molecule has 0 N–H and O–H groups in total. The number of hydrogen-bond acceptors (Lipinski definition) is 5. The average Bonchev–Trinajstić information content (AvgIpc) is 2.16. The third-order valence-corrected chi connectivity index (χ3v) is 5.19. The predicted octanol–water partition coefficient (Wildman–Crippen LogP) is -0.668. The zero-order valence-electron chi connectivity index (χ0n) is 9.89. The molecule has 1 aliphatic rings. The molecule has 0 aromatic carbocycles. The largest absolute Gasteiger partial charge is 0.598 e. The van der Waals surface area contributed by atoms with Gasteiger partial charge in [0.15, 0.2) is 0 Å². The summed E-state index contributed by atoms with van der Waals surface area (Å²) in [6, 6.07) is 0. The molecule has 0 spiro atoms. The fourth-order valence-electron chi connectivity index (χ4n) is 1.57. The van der Waals surface area contributed by atoms with Crippen LogP contribution in [-0.2, 0) is 21.2 Å². The van der Waals surface area contributed by atoms with Crippen molar-refractivity contribution in [1.29, 1.82) is 0 Å². The fourth-order valence-corrected chi connectivity index (χ4v) is 3.64. The highest BCUT2D eigenvalue weighted by Crippen LogP contribution is 2.08. The molecule has 1 fully saturated rings. The van der Waals surface area contributed by atoms with Crippen molar-refractivity contribution in [3.63, 3.8) is 0 Å². The maximum Gasteiger partial charge on any atom is 0.147 e. The monoisotopic (exact) mass is 268 g/mol. The summed E-state index contributed by atoms with van der Waals surface area (Å²) in [5.74, 6) is 0.587. The van der Waals surface area contributed by atoms with Gasteiger partial charge in [0.25, 0.3) is 0 Å². The zero-order chi connectivity index (χ0) is 12.2. The molecule has 0 amide bonds. The summed E-state index contributed by atoms with van der Waals surface area (Å²) in [4.78, 5) is 2.20. The van der Waals surface area contributed by atoms with Gasteiger partial charge in [-0.05, 0) is 7.05 Å². The molecule has 7 heteroatoms. The van der Waals surface area contributed by atoms with E-state index in [0.29, 0.717) is 12.2 Å². The summed E-state index contributed by atoms with van der Waals surface area (Å²) in [5.41, 5.74) is 0. The summed E-state index contributed by atoms with van der Waals surface area (Å²) in [7, 11) is -0.875. The average molecular weight is 268 g/mol. The smallest absolute Gasteiger partial charge is 0.147 e. The predicted molar refractivity (Wildman–Crippen MR) is 66.4 cm³/mol. The van der Waals surface area contributed by atoms with Crippen LogP contribution in [0.5, 0.6) is 0 Å². The Kier molecular flexibility index (Phi) is 5.52. The van der Waals surface area contributed by atoms with Crippen LogP contribution in [0.1, 0.15) is 6.42 Å². The van der Waals surface area contributed by atoms with Crippen LogP contribution in [0.15, 0.2) is 0 Å². The van der Waals surface area contributed by atoms with E-state index >= 15 is 0 Å². The summed E-state index contributed by atoms with van der Waals surface area (Å²) in [5, 5.41) is 0. The van der Waals surface area contributed by atoms with E-state index in [4.69, 9.17) is 0 Å². The van der Waals surface area contributed by atoms with Crippen molar-refractivity contribution >= 4 is 21.2 Å². The SMILES string of the molecule is CN1CCN([S+]([O-])CCCS(C)(=O)=O)CC1. The molecular formula is C9H20N2O3S2. The minimum absolute atomic E-state index is 0.131. The van der Waals surface area contributed by atoms with E-state index in [1.807, 2.05) is 11.4 Å². The molecule has 5 nitrogen and oxygen atoms in total. The lowest BCUT2D eigenvalue weighted by Gasteiger charge is -2.32. The van der Waals surface area contributed by atoms with E-state index < -0.39 is 21.2 Å². The summed E-state index contributed by atoms with van der Waals surface area (Å²) in [6.07, 6.45) is 1.70. The first kappa shape index (κ1) is 14.2. The Morgan fingerprint density at radius 2 is 1.81 bits per heavy atom. The molecule has 1 unspecified atom stereocenters.